The minimum Gasteiger partial charge on any atom is -0.228 e. The maximum absolute atomic E-state index is 6.05. The van der Waals surface area contributed by atoms with Crippen molar-refractivity contribution >= 4 is 39.6 Å². The third-order valence-electron chi connectivity index (χ3n) is 2.39. The van der Waals surface area contributed by atoms with Crippen LogP contribution < -0.4 is 0 Å². The molecule has 1 aromatic carbocycles. The first kappa shape index (κ1) is 11.4. The van der Waals surface area contributed by atoms with Gasteiger partial charge in [-0.1, -0.05) is 22.3 Å². The van der Waals surface area contributed by atoms with Gasteiger partial charge in [0.05, 0.1) is 5.69 Å². The van der Waals surface area contributed by atoms with Gasteiger partial charge in [0, 0.05) is 21.9 Å². The highest BCUT2D eigenvalue weighted by Gasteiger charge is 2.13. The molecule has 15 heavy (non-hydrogen) atoms. The Morgan fingerprint density at radius 1 is 1.13 bits per heavy atom. The van der Waals surface area contributed by atoms with E-state index in [1.165, 1.54) is 0 Å². The van der Waals surface area contributed by atoms with Crippen LogP contribution in [0.15, 0.2) is 28.6 Å². The number of hydrogen-bond acceptors (Lipinski definition) is 1. The van der Waals surface area contributed by atoms with Gasteiger partial charge in [0.25, 0.3) is 0 Å². The van der Waals surface area contributed by atoms with E-state index in [1.807, 2.05) is 24.3 Å². The molecule has 2 rings (SSSR count). The second-order valence-electron chi connectivity index (χ2n) is 3.61. The molecule has 4 heteroatoms. The highest BCUT2D eigenvalue weighted by Crippen LogP contribution is 2.21. The lowest BCUT2D eigenvalue weighted by atomic mass is 10.3. The van der Waals surface area contributed by atoms with Crippen LogP contribution in [0, 0.1) is 0 Å². The molecule has 0 atom stereocenters. The van der Waals surface area contributed by atoms with E-state index in [0.717, 1.165) is 35.1 Å². The molecule has 1 heterocycles. The van der Waals surface area contributed by atoms with Gasteiger partial charge in [-0.05, 0) is 37.1 Å². The maximum atomic E-state index is 6.05. The van der Waals surface area contributed by atoms with Gasteiger partial charge >= 0.3 is 0 Å². The average Bonchev–Trinajstić information content (AvgIpc) is 2.25. The van der Waals surface area contributed by atoms with Gasteiger partial charge < -0.3 is 0 Å². The normalized spacial score (nSPS) is 26.3. The molecular weight excluding hydrogens is 249 g/mol. The molecule has 1 saturated heterocycles. The van der Waals surface area contributed by atoms with E-state index in [0.29, 0.717) is 5.38 Å². The van der Waals surface area contributed by atoms with Crippen molar-refractivity contribution in [2.75, 3.05) is 11.5 Å². The second-order valence-corrected chi connectivity index (χ2v) is 6.59. The summed E-state index contributed by atoms with van der Waals surface area (Å²) in [6, 6.07) is 7.72. The van der Waals surface area contributed by atoms with Gasteiger partial charge in [-0.2, -0.15) is 0 Å². The Morgan fingerprint density at radius 3 is 2.33 bits per heavy atom. The molecule has 0 spiro atoms. The van der Waals surface area contributed by atoms with Gasteiger partial charge in [0.15, 0.2) is 0 Å². The molecule has 0 aliphatic carbocycles. The Labute approximate surface area is 103 Å². The predicted octanol–water partition coefficient (Wildman–Crippen LogP) is 4.17. The minimum atomic E-state index is 0.175. The molecule has 0 bridgehead atoms. The summed E-state index contributed by atoms with van der Waals surface area (Å²) in [6.45, 7) is 0. The molecule has 0 N–H and O–H groups in total. The van der Waals surface area contributed by atoms with Gasteiger partial charge in [-0.3, -0.25) is 0 Å². The molecular formula is C11H13Cl2NS. The van der Waals surface area contributed by atoms with Crippen LogP contribution in [0.3, 0.4) is 0 Å². The van der Waals surface area contributed by atoms with Crippen LogP contribution >= 0.6 is 23.2 Å². The zero-order valence-electron chi connectivity index (χ0n) is 8.33. The lowest BCUT2D eigenvalue weighted by Crippen LogP contribution is -2.17. The lowest BCUT2D eigenvalue weighted by Gasteiger charge is -2.18. The Balaban J connectivity index is 2.06. The first-order valence-electron chi connectivity index (χ1n) is 5.03. The number of hydrogen-bond donors (Lipinski definition) is 0. The van der Waals surface area contributed by atoms with Crippen LogP contribution in [0.5, 0.6) is 0 Å². The van der Waals surface area contributed by atoms with E-state index in [2.05, 4.69) is 0 Å². The fraction of sp³-hybridized carbons (Fsp3) is 0.455. The van der Waals surface area contributed by atoms with Crippen LogP contribution in [-0.4, -0.2) is 16.9 Å². The van der Waals surface area contributed by atoms with E-state index in [1.54, 1.807) is 0 Å². The van der Waals surface area contributed by atoms with E-state index < -0.39 is 0 Å². The predicted molar refractivity (Wildman–Crippen MR) is 69.5 cm³/mol. The Kier molecular flexibility index (Phi) is 4.06. The maximum Gasteiger partial charge on any atom is 0.0704 e. The molecule has 0 saturated carbocycles. The van der Waals surface area contributed by atoms with Crippen LogP contribution in [0.1, 0.15) is 12.8 Å². The first-order valence-corrected chi connectivity index (χ1v) is 7.36. The van der Waals surface area contributed by atoms with Crippen molar-refractivity contribution in [2.45, 2.75) is 18.2 Å². The zero-order chi connectivity index (χ0) is 10.7. The van der Waals surface area contributed by atoms with E-state index in [9.17, 15) is 0 Å². The van der Waals surface area contributed by atoms with Crippen molar-refractivity contribution in [3.63, 3.8) is 0 Å². The van der Waals surface area contributed by atoms with Crippen LogP contribution in [0.4, 0.5) is 5.69 Å². The molecule has 0 unspecified atom stereocenters. The monoisotopic (exact) mass is 261 g/mol. The number of halogens is 2. The van der Waals surface area contributed by atoms with Gasteiger partial charge in [0.2, 0.25) is 0 Å². The van der Waals surface area contributed by atoms with Crippen molar-refractivity contribution < 1.29 is 0 Å². The topological polar surface area (TPSA) is 12.4 Å². The molecule has 0 amide bonds. The number of rotatable bonds is 1. The Bertz CT molecular complexity index is 351. The molecule has 0 radical (unpaired) electrons. The molecule has 82 valence electrons. The third kappa shape index (κ3) is 3.47. The average molecular weight is 262 g/mol. The van der Waals surface area contributed by atoms with Crippen LogP contribution in [0.2, 0.25) is 5.02 Å². The summed E-state index contributed by atoms with van der Waals surface area (Å²) >= 11 is 11.9. The molecule has 1 nitrogen and oxygen atoms in total. The van der Waals surface area contributed by atoms with Crippen molar-refractivity contribution in [1.29, 1.82) is 0 Å². The number of alkyl halides is 1. The minimum absolute atomic E-state index is 0.175. The summed E-state index contributed by atoms with van der Waals surface area (Å²) < 4.78 is 4.70. The van der Waals surface area contributed by atoms with Crippen LogP contribution in [-0.2, 0) is 10.7 Å². The second kappa shape index (κ2) is 5.33. The molecule has 1 fully saturated rings. The van der Waals surface area contributed by atoms with Crippen molar-refractivity contribution in [1.82, 2.24) is 0 Å². The Hall–Kier alpha value is -0.0500. The summed E-state index contributed by atoms with van der Waals surface area (Å²) in [5.41, 5.74) is 1.04. The number of benzene rings is 1. The standard InChI is InChI=1S/C11H13Cl2NS/c12-9-1-3-11(4-2-9)14-15-7-5-10(13)6-8-15/h1-4,10H,5-8H2. The Morgan fingerprint density at radius 2 is 1.73 bits per heavy atom. The fourth-order valence-corrected chi connectivity index (χ4v) is 4.04. The molecule has 1 aliphatic heterocycles. The highest BCUT2D eigenvalue weighted by atomic mass is 35.5. The van der Waals surface area contributed by atoms with Crippen molar-refractivity contribution in [2.24, 2.45) is 4.36 Å². The first-order chi connectivity index (χ1) is 7.24. The van der Waals surface area contributed by atoms with E-state index in [-0.39, 0.29) is 10.7 Å². The van der Waals surface area contributed by atoms with Gasteiger partial charge in [-0.15, -0.1) is 11.6 Å². The fourth-order valence-electron chi connectivity index (χ4n) is 1.52. The van der Waals surface area contributed by atoms with Gasteiger partial charge in [-0.25, -0.2) is 4.36 Å². The summed E-state index contributed by atoms with van der Waals surface area (Å²) in [4.78, 5) is 0. The van der Waals surface area contributed by atoms with E-state index >= 15 is 0 Å². The molecule has 0 aromatic heterocycles. The summed E-state index contributed by atoms with van der Waals surface area (Å²) in [7, 11) is 0.175. The molecule has 1 aliphatic rings. The SMILES string of the molecule is Clc1ccc(N=S2CCC(Cl)CC2)cc1. The quantitative estimate of drug-likeness (QED) is 0.673. The summed E-state index contributed by atoms with van der Waals surface area (Å²) in [5.74, 6) is 2.27. The largest absolute Gasteiger partial charge is 0.228 e. The van der Waals surface area contributed by atoms with Crippen molar-refractivity contribution in [3.8, 4) is 0 Å². The highest BCUT2D eigenvalue weighted by molar-refractivity contribution is 7.87. The van der Waals surface area contributed by atoms with Crippen LogP contribution in [0.25, 0.3) is 0 Å². The summed E-state index contributed by atoms with van der Waals surface area (Å²) in [6.07, 6.45) is 2.20. The smallest absolute Gasteiger partial charge is 0.0704 e. The van der Waals surface area contributed by atoms with Crippen molar-refractivity contribution in [3.05, 3.63) is 29.3 Å². The molecule has 1 aromatic rings. The van der Waals surface area contributed by atoms with E-state index in [4.69, 9.17) is 27.6 Å². The van der Waals surface area contributed by atoms with Gasteiger partial charge in [0.1, 0.15) is 0 Å². The third-order valence-corrected chi connectivity index (χ3v) is 4.97. The number of nitrogens with zero attached hydrogens (tertiary/aromatic N) is 1. The zero-order valence-corrected chi connectivity index (χ0v) is 10.7. The lowest BCUT2D eigenvalue weighted by molar-refractivity contribution is 0.770. The summed E-state index contributed by atoms with van der Waals surface area (Å²) in [5, 5.41) is 1.14.